The number of piperazine rings is 1. The van der Waals surface area contributed by atoms with Crippen LogP contribution in [-0.2, 0) is 19.6 Å². The lowest BCUT2D eigenvalue weighted by Gasteiger charge is -2.34. The van der Waals surface area contributed by atoms with Gasteiger partial charge in [0.15, 0.2) is 0 Å². The molecule has 1 amide bonds. The van der Waals surface area contributed by atoms with Crippen molar-refractivity contribution < 1.29 is 23.1 Å². The minimum atomic E-state index is -3.75. The van der Waals surface area contributed by atoms with Gasteiger partial charge in [0.1, 0.15) is 6.04 Å². The first kappa shape index (κ1) is 14.3. The molecule has 7 nitrogen and oxygen atoms in total. The summed E-state index contributed by atoms with van der Waals surface area (Å²) < 4.78 is 26.2. The molecule has 1 aliphatic carbocycles. The Kier molecular flexibility index (Phi) is 3.82. The van der Waals surface area contributed by atoms with Gasteiger partial charge in [0.2, 0.25) is 15.9 Å². The van der Waals surface area contributed by atoms with Crippen molar-refractivity contribution in [1.82, 2.24) is 9.62 Å². The number of amides is 1. The molecule has 0 aromatic carbocycles. The van der Waals surface area contributed by atoms with Crippen LogP contribution in [0.3, 0.4) is 0 Å². The minimum absolute atomic E-state index is 0.206. The molecular weight excluding hydrogens is 272 g/mol. The van der Waals surface area contributed by atoms with Crippen LogP contribution in [0.25, 0.3) is 0 Å². The van der Waals surface area contributed by atoms with E-state index in [2.05, 4.69) is 5.32 Å². The van der Waals surface area contributed by atoms with E-state index < -0.39 is 33.2 Å². The molecule has 19 heavy (non-hydrogen) atoms. The minimum Gasteiger partial charge on any atom is -0.481 e. The summed E-state index contributed by atoms with van der Waals surface area (Å²) in [5.74, 6) is -2.26. The van der Waals surface area contributed by atoms with Crippen molar-refractivity contribution in [3.63, 3.8) is 0 Å². The van der Waals surface area contributed by atoms with Crippen LogP contribution < -0.4 is 5.32 Å². The predicted octanol–water partition coefficient (Wildman–Crippen LogP) is -0.610. The molecule has 108 valence electrons. The molecular formula is C11H18N2O5S. The van der Waals surface area contributed by atoms with Crippen molar-refractivity contribution in [1.29, 1.82) is 0 Å². The highest BCUT2D eigenvalue weighted by molar-refractivity contribution is 7.89. The van der Waals surface area contributed by atoms with Gasteiger partial charge in [0.25, 0.3) is 0 Å². The van der Waals surface area contributed by atoms with Crippen molar-refractivity contribution in [3.8, 4) is 0 Å². The molecule has 8 heteroatoms. The van der Waals surface area contributed by atoms with E-state index >= 15 is 0 Å². The predicted molar refractivity (Wildman–Crippen MR) is 66.9 cm³/mol. The molecule has 1 aliphatic heterocycles. The molecule has 2 rings (SSSR count). The van der Waals surface area contributed by atoms with Crippen molar-refractivity contribution in [2.45, 2.75) is 37.5 Å². The molecule has 2 aliphatic rings. The zero-order chi connectivity index (χ0) is 14.2. The number of carbonyl (C=O) groups excluding carboxylic acids is 1. The quantitative estimate of drug-likeness (QED) is 0.721. The van der Waals surface area contributed by atoms with E-state index in [9.17, 15) is 18.0 Å². The first-order valence-corrected chi connectivity index (χ1v) is 7.87. The van der Waals surface area contributed by atoms with Crippen LogP contribution in [0.1, 0.15) is 26.2 Å². The Balaban J connectivity index is 2.26. The first-order valence-electron chi connectivity index (χ1n) is 6.37. The van der Waals surface area contributed by atoms with Gasteiger partial charge >= 0.3 is 5.97 Å². The van der Waals surface area contributed by atoms with Crippen LogP contribution >= 0.6 is 0 Å². The number of sulfonamides is 1. The Morgan fingerprint density at radius 3 is 2.74 bits per heavy atom. The van der Waals surface area contributed by atoms with E-state index in [1.165, 1.54) is 6.92 Å². The second-order valence-electron chi connectivity index (χ2n) is 5.04. The third-order valence-corrected chi connectivity index (χ3v) is 6.40. The van der Waals surface area contributed by atoms with Crippen LogP contribution in [0.4, 0.5) is 0 Å². The zero-order valence-corrected chi connectivity index (χ0v) is 11.5. The number of carboxylic acid groups (broad SMARTS) is 1. The molecule has 1 saturated carbocycles. The smallest absolute Gasteiger partial charge is 0.307 e. The number of nitrogens with one attached hydrogen (secondary N) is 1. The molecule has 0 aromatic rings. The van der Waals surface area contributed by atoms with Gasteiger partial charge in [-0.2, -0.15) is 4.31 Å². The molecule has 3 atom stereocenters. The van der Waals surface area contributed by atoms with Gasteiger partial charge in [-0.3, -0.25) is 9.59 Å². The maximum absolute atomic E-state index is 12.5. The van der Waals surface area contributed by atoms with E-state index in [0.29, 0.717) is 19.3 Å². The molecule has 1 heterocycles. The third-order valence-electron chi connectivity index (χ3n) is 3.92. The average Bonchev–Trinajstić information content (AvgIpc) is 2.82. The van der Waals surface area contributed by atoms with Crippen LogP contribution in [0, 0.1) is 5.92 Å². The Morgan fingerprint density at radius 2 is 2.11 bits per heavy atom. The Hall–Kier alpha value is -1.15. The monoisotopic (exact) mass is 290 g/mol. The largest absolute Gasteiger partial charge is 0.481 e. The lowest BCUT2D eigenvalue weighted by Crippen LogP contribution is -2.58. The summed E-state index contributed by atoms with van der Waals surface area (Å²) in [6.07, 6.45) is 1.33. The number of carbonyl (C=O) groups is 2. The fourth-order valence-electron chi connectivity index (χ4n) is 2.85. The number of nitrogens with zero attached hydrogens (tertiary/aromatic N) is 1. The van der Waals surface area contributed by atoms with Crippen molar-refractivity contribution in [3.05, 3.63) is 0 Å². The molecule has 0 bridgehead atoms. The molecule has 1 saturated heterocycles. The zero-order valence-electron chi connectivity index (χ0n) is 10.7. The van der Waals surface area contributed by atoms with E-state index in [0.717, 1.165) is 4.31 Å². The Labute approximate surface area is 112 Å². The SMILES string of the molecule is CC1C(=O)NCCN1S(=O)(=O)C1CCCC1C(=O)O. The van der Waals surface area contributed by atoms with E-state index in [-0.39, 0.29) is 19.0 Å². The summed E-state index contributed by atoms with van der Waals surface area (Å²) in [4.78, 5) is 22.7. The van der Waals surface area contributed by atoms with Gasteiger partial charge in [-0.25, -0.2) is 8.42 Å². The highest BCUT2D eigenvalue weighted by Crippen LogP contribution is 2.34. The topological polar surface area (TPSA) is 104 Å². The third kappa shape index (κ3) is 2.46. The summed E-state index contributed by atoms with van der Waals surface area (Å²) >= 11 is 0. The number of carboxylic acids is 1. The van der Waals surface area contributed by atoms with E-state index in [1.807, 2.05) is 0 Å². The van der Waals surface area contributed by atoms with Gasteiger partial charge < -0.3 is 10.4 Å². The molecule has 0 spiro atoms. The number of aliphatic carboxylic acids is 1. The molecule has 0 radical (unpaired) electrons. The fourth-order valence-corrected chi connectivity index (χ4v) is 5.21. The second-order valence-corrected chi connectivity index (χ2v) is 7.14. The second kappa shape index (κ2) is 5.09. The standard InChI is InChI=1S/C11H18N2O5S/c1-7-10(14)12-5-6-13(7)19(17,18)9-4-2-3-8(9)11(15)16/h7-9H,2-6H2,1H3,(H,12,14)(H,15,16). The summed E-state index contributed by atoms with van der Waals surface area (Å²) in [5.41, 5.74) is 0. The van der Waals surface area contributed by atoms with Crippen LogP contribution in [-0.4, -0.2) is 54.1 Å². The lowest BCUT2D eigenvalue weighted by atomic mass is 10.1. The Bertz CT molecular complexity index is 481. The van der Waals surface area contributed by atoms with Crippen LogP contribution in [0.5, 0.6) is 0 Å². The van der Waals surface area contributed by atoms with Gasteiger partial charge in [-0.15, -0.1) is 0 Å². The van der Waals surface area contributed by atoms with Crippen molar-refractivity contribution in [2.24, 2.45) is 5.92 Å². The molecule has 2 fully saturated rings. The number of hydrogen-bond acceptors (Lipinski definition) is 4. The number of rotatable bonds is 3. The summed E-state index contributed by atoms with van der Waals surface area (Å²) in [6.45, 7) is 2.00. The summed E-state index contributed by atoms with van der Waals surface area (Å²) in [5, 5.41) is 10.8. The van der Waals surface area contributed by atoms with E-state index in [1.54, 1.807) is 0 Å². The number of hydrogen-bond donors (Lipinski definition) is 2. The molecule has 3 unspecified atom stereocenters. The maximum atomic E-state index is 12.5. The first-order chi connectivity index (χ1) is 8.85. The van der Waals surface area contributed by atoms with Crippen molar-refractivity contribution in [2.75, 3.05) is 13.1 Å². The summed E-state index contributed by atoms with van der Waals surface area (Å²) in [7, 11) is -3.75. The van der Waals surface area contributed by atoms with Gasteiger partial charge in [-0.1, -0.05) is 6.42 Å². The highest BCUT2D eigenvalue weighted by atomic mass is 32.2. The average molecular weight is 290 g/mol. The van der Waals surface area contributed by atoms with E-state index in [4.69, 9.17) is 5.11 Å². The van der Waals surface area contributed by atoms with Gasteiger partial charge in [0.05, 0.1) is 11.2 Å². The lowest BCUT2D eigenvalue weighted by molar-refractivity contribution is -0.141. The van der Waals surface area contributed by atoms with Gasteiger partial charge in [-0.05, 0) is 19.8 Å². The highest BCUT2D eigenvalue weighted by Gasteiger charge is 2.47. The summed E-state index contributed by atoms with van der Waals surface area (Å²) in [6, 6.07) is -0.770. The van der Waals surface area contributed by atoms with Crippen LogP contribution in [0.2, 0.25) is 0 Å². The van der Waals surface area contributed by atoms with Crippen LogP contribution in [0.15, 0.2) is 0 Å². The molecule has 0 aromatic heterocycles. The fraction of sp³-hybridized carbons (Fsp3) is 0.818. The van der Waals surface area contributed by atoms with Crippen molar-refractivity contribution >= 4 is 21.9 Å². The maximum Gasteiger partial charge on any atom is 0.307 e. The normalized spacial score (nSPS) is 33.1. The van der Waals surface area contributed by atoms with Gasteiger partial charge in [0, 0.05) is 13.1 Å². The molecule has 2 N–H and O–H groups in total. The Morgan fingerprint density at radius 1 is 1.42 bits per heavy atom.